The molecule has 0 spiro atoms. The van der Waals surface area contributed by atoms with E-state index in [4.69, 9.17) is 9.05 Å². The zero-order valence-corrected chi connectivity index (χ0v) is 9.50. The second-order valence-corrected chi connectivity index (χ2v) is 11.0. The van der Waals surface area contributed by atoms with Crippen LogP contribution in [-0.2, 0) is 9.05 Å². The van der Waals surface area contributed by atoms with Crippen molar-refractivity contribution in [1.29, 1.82) is 0 Å². The Labute approximate surface area is 73.2 Å². The minimum absolute atomic E-state index is 0.357. The van der Waals surface area contributed by atoms with Gasteiger partial charge in [0.1, 0.15) is 0 Å². The van der Waals surface area contributed by atoms with Crippen LogP contribution in [0.4, 0.5) is 0 Å². The zero-order valence-electron chi connectivity index (χ0n) is 6.07. The third-order valence-corrected chi connectivity index (χ3v) is 8.81. The molecule has 1 saturated heterocycles. The standard InChI is InChI=1S/C5H11O2PSSe/c1-5-3-4-6-8(10,7-5)9-2/h5H,3-4H2,1-2H3/t5-,8-/m0/s1. The van der Waals surface area contributed by atoms with Crippen molar-refractivity contribution in [3.8, 4) is 0 Å². The molecule has 0 aromatic heterocycles. The van der Waals surface area contributed by atoms with Gasteiger partial charge in [-0.3, -0.25) is 0 Å². The minimum atomic E-state index is -1.61. The van der Waals surface area contributed by atoms with Gasteiger partial charge in [0.15, 0.2) is 0 Å². The van der Waals surface area contributed by atoms with Gasteiger partial charge in [0.05, 0.1) is 0 Å². The molecule has 0 aliphatic carbocycles. The average Bonchev–Trinajstić information content (AvgIpc) is 1.88. The molecule has 0 unspecified atom stereocenters. The molecule has 0 saturated carbocycles. The molecule has 2 nitrogen and oxygen atoms in total. The van der Waals surface area contributed by atoms with Gasteiger partial charge in [0.25, 0.3) is 0 Å². The monoisotopic (exact) mass is 246 g/mol. The number of hydrogen-bond acceptors (Lipinski definition) is 3. The molecule has 60 valence electrons. The Kier molecular flexibility index (Phi) is 3.49. The maximum atomic E-state index is 5.62. The van der Waals surface area contributed by atoms with Crippen molar-refractivity contribution in [3.05, 3.63) is 0 Å². The molecule has 1 aliphatic heterocycles. The Bertz CT molecular complexity index is 164. The van der Waals surface area contributed by atoms with Gasteiger partial charge in [-0.25, -0.2) is 0 Å². The van der Waals surface area contributed by atoms with E-state index in [1.54, 1.807) is 11.4 Å². The Morgan fingerprint density at radius 3 is 2.80 bits per heavy atom. The summed E-state index contributed by atoms with van der Waals surface area (Å²) in [7, 11) is 0. The van der Waals surface area contributed by atoms with Gasteiger partial charge in [0.2, 0.25) is 0 Å². The van der Waals surface area contributed by atoms with Gasteiger partial charge in [-0.1, -0.05) is 0 Å². The van der Waals surface area contributed by atoms with E-state index in [0.29, 0.717) is 6.10 Å². The van der Waals surface area contributed by atoms with Crippen LogP contribution in [0.25, 0.3) is 0 Å². The number of rotatable bonds is 1. The molecule has 1 heterocycles. The third kappa shape index (κ3) is 2.37. The molecular formula is C5H11O2PSSe. The van der Waals surface area contributed by atoms with Crippen molar-refractivity contribution in [1.82, 2.24) is 0 Å². The summed E-state index contributed by atoms with van der Waals surface area (Å²) >= 11 is 4.67. The molecular weight excluding hydrogens is 234 g/mol. The van der Waals surface area contributed by atoms with Gasteiger partial charge >= 0.3 is 73.0 Å². The molecule has 0 amide bonds. The van der Waals surface area contributed by atoms with Gasteiger partial charge in [0, 0.05) is 0 Å². The van der Waals surface area contributed by atoms with Crippen molar-refractivity contribution in [3.63, 3.8) is 0 Å². The Hall–Kier alpha value is 1.22. The normalized spacial score (nSPS) is 41.6. The topological polar surface area (TPSA) is 18.5 Å². The quantitative estimate of drug-likeness (QED) is 0.520. The molecule has 0 radical (unpaired) electrons. The first-order valence-corrected chi connectivity index (χ1v) is 8.82. The van der Waals surface area contributed by atoms with Crippen molar-refractivity contribution in [2.24, 2.45) is 0 Å². The summed E-state index contributed by atoms with van der Waals surface area (Å²) in [6, 6.07) is 0. The molecule has 1 fully saturated rings. The Morgan fingerprint density at radius 2 is 2.40 bits per heavy atom. The predicted molar refractivity (Wildman–Crippen MR) is 47.3 cm³/mol. The fourth-order valence-corrected chi connectivity index (χ4v) is 4.49. The van der Waals surface area contributed by atoms with E-state index >= 15 is 0 Å². The fraction of sp³-hybridized carbons (Fsp3) is 1.00. The van der Waals surface area contributed by atoms with Crippen LogP contribution in [0.3, 0.4) is 0 Å². The predicted octanol–water partition coefficient (Wildman–Crippen LogP) is 2.02. The summed E-state index contributed by atoms with van der Waals surface area (Å²) in [5.41, 5.74) is 0. The summed E-state index contributed by atoms with van der Waals surface area (Å²) in [6.07, 6.45) is 3.39. The third-order valence-electron chi connectivity index (χ3n) is 1.31. The second kappa shape index (κ2) is 3.75. The van der Waals surface area contributed by atoms with Crippen LogP contribution in [-0.4, -0.2) is 34.1 Å². The average molecular weight is 245 g/mol. The van der Waals surface area contributed by atoms with E-state index < -0.39 is 5.16 Å². The molecule has 0 aromatic rings. The zero-order chi connectivity index (χ0) is 7.61. The first-order chi connectivity index (χ1) is 4.66. The van der Waals surface area contributed by atoms with Crippen molar-refractivity contribution >= 4 is 31.6 Å². The molecule has 2 atom stereocenters. The molecule has 0 N–H and O–H groups in total. The maximum absolute atomic E-state index is 5.62. The van der Waals surface area contributed by atoms with Gasteiger partial charge in [-0.05, 0) is 0 Å². The SMILES string of the molecule is CS[P@]1(=[Se])OCC[C@H](C)O1. The van der Waals surface area contributed by atoms with Gasteiger partial charge in [-0.15, -0.1) is 0 Å². The van der Waals surface area contributed by atoms with Crippen LogP contribution in [0.1, 0.15) is 13.3 Å². The molecule has 0 aromatic carbocycles. The summed E-state index contributed by atoms with van der Waals surface area (Å²) in [4.78, 5) is 0. The molecule has 1 aliphatic rings. The summed E-state index contributed by atoms with van der Waals surface area (Å²) in [5.74, 6) is 0. The summed E-state index contributed by atoms with van der Waals surface area (Å²) in [5, 5.41) is -1.61. The second-order valence-electron chi connectivity index (χ2n) is 2.17. The Balaban J connectivity index is 2.54. The van der Waals surface area contributed by atoms with Crippen LogP contribution in [0.5, 0.6) is 0 Å². The van der Waals surface area contributed by atoms with E-state index in [9.17, 15) is 0 Å². The van der Waals surface area contributed by atoms with Crippen molar-refractivity contribution < 1.29 is 9.05 Å². The van der Waals surface area contributed by atoms with E-state index in [1.165, 1.54) is 0 Å². The van der Waals surface area contributed by atoms with Crippen LogP contribution in [0.2, 0.25) is 0 Å². The van der Waals surface area contributed by atoms with Gasteiger partial charge < -0.3 is 0 Å². The molecule has 1 rings (SSSR count). The van der Waals surface area contributed by atoms with E-state index in [0.717, 1.165) is 13.0 Å². The molecule has 0 bridgehead atoms. The van der Waals surface area contributed by atoms with Crippen LogP contribution < -0.4 is 0 Å². The van der Waals surface area contributed by atoms with Crippen LogP contribution in [0, 0.1) is 0 Å². The number of hydrogen-bond donors (Lipinski definition) is 0. The first-order valence-electron chi connectivity index (χ1n) is 3.15. The van der Waals surface area contributed by atoms with E-state index in [2.05, 4.69) is 22.0 Å². The molecule has 5 heteroatoms. The van der Waals surface area contributed by atoms with Gasteiger partial charge in [-0.2, -0.15) is 0 Å². The Morgan fingerprint density at radius 1 is 1.70 bits per heavy atom. The van der Waals surface area contributed by atoms with Crippen LogP contribution in [0.15, 0.2) is 0 Å². The van der Waals surface area contributed by atoms with Crippen molar-refractivity contribution in [2.45, 2.75) is 19.4 Å². The first kappa shape index (κ1) is 9.31. The van der Waals surface area contributed by atoms with Crippen LogP contribution >= 0.6 is 16.5 Å². The van der Waals surface area contributed by atoms with E-state index in [1.807, 2.05) is 6.26 Å². The molecule has 10 heavy (non-hydrogen) atoms. The van der Waals surface area contributed by atoms with Crippen molar-refractivity contribution in [2.75, 3.05) is 12.9 Å². The van der Waals surface area contributed by atoms with E-state index in [-0.39, 0.29) is 0 Å². The fourth-order valence-electron chi connectivity index (χ4n) is 0.730. The summed E-state index contributed by atoms with van der Waals surface area (Å²) < 4.78 is 11.1. The summed E-state index contributed by atoms with van der Waals surface area (Å²) in [6.45, 7) is 2.92.